The molecule has 0 unspecified atom stereocenters. The van der Waals surface area contributed by atoms with Crippen molar-refractivity contribution in [3.8, 4) is 67.3 Å². The molecule has 0 bridgehead atoms. The summed E-state index contributed by atoms with van der Waals surface area (Å²) in [6, 6.07) is 67.5. The van der Waals surface area contributed by atoms with E-state index in [0.29, 0.717) is 5.82 Å². The van der Waals surface area contributed by atoms with E-state index in [1.54, 1.807) is 0 Å². The van der Waals surface area contributed by atoms with E-state index >= 15 is 0 Å². The number of fused-ring (bicyclic) bond motifs is 6. The largest absolute Gasteiger partial charge is 0.456 e. The summed E-state index contributed by atoms with van der Waals surface area (Å²) in [6.07, 6.45) is 0. The van der Waals surface area contributed by atoms with Crippen molar-refractivity contribution < 1.29 is 8.83 Å². The summed E-state index contributed by atoms with van der Waals surface area (Å²) in [5.41, 5.74) is 14.8. The number of hydrogen-bond acceptors (Lipinski definition) is 4. The van der Waals surface area contributed by atoms with Gasteiger partial charge in [0.15, 0.2) is 5.82 Å². The van der Waals surface area contributed by atoms with Crippen LogP contribution in [0.5, 0.6) is 0 Å². The number of benzene rings is 8. The van der Waals surface area contributed by atoms with Gasteiger partial charge in [-0.3, -0.25) is 0 Å². The maximum absolute atomic E-state index is 6.25. The van der Waals surface area contributed by atoms with Crippen LogP contribution >= 0.6 is 0 Å². The van der Waals surface area contributed by atoms with Crippen molar-refractivity contribution in [3.63, 3.8) is 0 Å². The van der Waals surface area contributed by atoms with E-state index in [4.69, 9.17) is 18.8 Å². The number of hydrogen-bond donors (Lipinski definition) is 0. The summed E-state index contributed by atoms with van der Waals surface area (Å²) < 4.78 is 12.4. The molecule has 4 heteroatoms. The molecular formula is C52H32N2O2. The first-order valence-corrected chi connectivity index (χ1v) is 18.8. The summed E-state index contributed by atoms with van der Waals surface area (Å²) in [5.74, 6) is 0.671. The average Bonchev–Trinajstić information content (AvgIpc) is 3.85. The van der Waals surface area contributed by atoms with Gasteiger partial charge >= 0.3 is 0 Å². The van der Waals surface area contributed by atoms with E-state index in [9.17, 15) is 0 Å². The molecule has 0 spiro atoms. The van der Waals surface area contributed by atoms with Crippen LogP contribution in [0.2, 0.25) is 0 Å². The standard InChI is InChI=1S/C52H32N2O2/c1-3-13-33(14-4-1)38-28-39(35-25-26-49-44(31-35)42-19-7-9-22-47(42)55-49)30-40(29-38)46-32-45(53-52(54-46)34-15-5-2-6-16-34)37-18-11-17-36(27-37)41-21-12-24-50-51(41)43-20-8-10-23-48(43)56-50/h1-32H. The highest BCUT2D eigenvalue weighted by Crippen LogP contribution is 2.40. The molecule has 0 saturated heterocycles. The molecular weight excluding hydrogens is 685 g/mol. The monoisotopic (exact) mass is 716 g/mol. The number of para-hydroxylation sites is 2. The smallest absolute Gasteiger partial charge is 0.160 e. The fourth-order valence-electron chi connectivity index (χ4n) is 7.97. The molecule has 0 aliphatic rings. The Morgan fingerprint density at radius 2 is 0.821 bits per heavy atom. The van der Waals surface area contributed by atoms with Gasteiger partial charge in [0.2, 0.25) is 0 Å². The van der Waals surface area contributed by atoms with E-state index in [0.717, 1.165) is 105 Å². The van der Waals surface area contributed by atoms with Crippen LogP contribution in [-0.4, -0.2) is 9.97 Å². The zero-order valence-electron chi connectivity index (χ0n) is 30.2. The first-order valence-electron chi connectivity index (χ1n) is 18.8. The van der Waals surface area contributed by atoms with Crippen molar-refractivity contribution in [2.45, 2.75) is 0 Å². The Balaban J connectivity index is 1.10. The molecule has 11 rings (SSSR count). The van der Waals surface area contributed by atoms with Gasteiger partial charge in [0, 0.05) is 38.2 Å². The Labute approximate surface area is 323 Å². The molecule has 3 heterocycles. The SMILES string of the molecule is c1ccc(-c2cc(-c3ccc4oc5ccccc5c4c3)cc(-c3cc(-c4cccc(-c5cccc6oc7ccccc7c56)c4)nc(-c4ccccc4)n3)c2)cc1. The number of rotatable bonds is 6. The molecule has 3 aromatic heterocycles. The lowest BCUT2D eigenvalue weighted by Crippen LogP contribution is -1.97. The summed E-state index contributed by atoms with van der Waals surface area (Å²) in [6.45, 7) is 0. The van der Waals surface area contributed by atoms with E-state index < -0.39 is 0 Å². The van der Waals surface area contributed by atoms with Crippen molar-refractivity contribution in [1.82, 2.24) is 9.97 Å². The quantitative estimate of drug-likeness (QED) is 0.172. The Morgan fingerprint density at radius 1 is 0.286 bits per heavy atom. The van der Waals surface area contributed by atoms with Crippen LogP contribution < -0.4 is 0 Å². The van der Waals surface area contributed by atoms with Gasteiger partial charge in [-0.15, -0.1) is 0 Å². The average molecular weight is 717 g/mol. The molecule has 0 fully saturated rings. The van der Waals surface area contributed by atoms with Crippen molar-refractivity contribution in [2.24, 2.45) is 0 Å². The Kier molecular flexibility index (Phi) is 7.46. The van der Waals surface area contributed by atoms with Gasteiger partial charge in [0.1, 0.15) is 22.3 Å². The highest BCUT2D eigenvalue weighted by molar-refractivity contribution is 6.12. The molecule has 262 valence electrons. The van der Waals surface area contributed by atoms with E-state index in [1.807, 2.05) is 48.5 Å². The topological polar surface area (TPSA) is 52.1 Å². The van der Waals surface area contributed by atoms with Crippen LogP contribution in [0, 0.1) is 0 Å². The fraction of sp³-hybridized carbons (Fsp3) is 0. The van der Waals surface area contributed by atoms with Crippen LogP contribution in [0.1, 0.15) is 0 Å². The Bertz CT molecular complexity index is 3250. The Hall–Kier alpha value is -7.56. The normalized spacial score (nSPS) is 11.6. The van der Waals surface area contributed by atoms with Crippen molar-refractivity contribution >= 4 is 43.9 Å². The van der Waals surface area contributed by atoms with Crippen LogP contribution in [0.4, 0.5) is 0 Å². The van der Waals surface area contributed by atoms with Crippen LogP contribution in [0.25, 0.3) is 111 Å². The van der Waals surface area contributed by atoms with Crippen molar-refractivity contribution in [1.29, 1.82) is 0 Å². The second kappa shape index (κ2) is 13.1. The van der Waals surface area contributed by atoms with Gasteiger partial charge in [-0.1, -0.05) is 133 Å². The maximum Gasteiger partial charge on any atom is 0.160 e. The van der Waals surface area contributed by atoms with Gasteiger partial charge < -0.3 is 8.83 Å². The zero-order valence-corrected chi connectivity index (χ0v) is 30.2. The third-order valence-corrected chi connectivity index (χ3v) is 10.7. The highest BCUT2D eigenvalue weighted by Gasteiger charge is 2.17. The molecule has 0 radical (unpaired) electrons. The van der Waals surface area contributed by atoms with E-state index in [1.165, 1.54) is 0 Å². The molecule has 56 heavy (non-hydrogen) atoms. The van der Waals surface area contributed by atoms with Gasteiger partial charge in [0.05, 0.1) is 11.4 Å². The number of aromatic nitrogens is 2. The third-order valence-electron chi connectivity index (χ3n) is 10.7. The lowest BCUT2D eigenvalue weighted by molar-refractivity contribution is 0.668. The lowest BCUT2D eigenvalue weighted by atomic mass is 9.93. The summed E-state index contributed by atoms with van der Waals surface area (Å²) >= 11 is 0. The lowest BCUT2D eigenvalue weighted by Gasteiger charge is -2.14. The highest BCUT2D eigenvalue weighted by atomic mass is 16.3. The predicted molar refractivity (Wildman–Crippen MR) is 229 cm³/mol. The second-order valence-corrected chi connectivity index (χ2v) is 14.2. The summed E-state index contributed by atoms with van der Waals surface area (Å²) in [4.78, 5) is 10.5. The molecule has 0 N–H and O–H groups in total. The molecule has 0 saturated carbocycles. The predicted octanol–water partition coefficient (Wildman–Crippen LogP) is 14.3. The molecule has 0 atom stereocenters. The van der Waals surface area contributed by atoms with Gasteiger partial charge in [-0.2, -0.15) is 0 Å². The van der Waals surface area contributed by atoms with Crippen LogP contribution in [0.3, 0.4) is 0 Å². The zero-order chi connectivity index (χ0) is 37.0. The van der Waals surface area contributed by atoms with E-state index in [2.05, 4.69) is 146 Å². The van der Waals surface area contributed by atoms with Gasteiger partial charge in [0.25, 0.3) is 0 Å². The first kappa shape index (κ1) is 31.9. The Morgan fingerprint density at radius 3 is 1.62 bits per heavy atom. The fourth-order valence-corrected chi connectivity index (χ4v) is 7.97. The molecule has 0 aliphatic carbocycles. The van der Waals surface area contributed by atoms with Crippen molar-refractivity contribution in [3.05, 3.63) is 194 Å². The minimum absolute atomic E-state index is 0.671. The third kappa shape index (κ3) is 5.55. The first-order chi connectivity index (χ1) is 27.7. The molecule has 8 aromatic carbocycles. The summed E-state index contributed by atoms with van der Waals surface area (Å²) in [7, 11) is 0. The summed E-state index contributed by atoms with van der Waals surface area (Å²) in [5, 5.41) is 4.42. The van der Waals surface area contributed by atoms with Gasteiger partial charge in [-0.05, 0) is 94.0 Å². The molecule has 11 aromatic rings. The van der Waals surface area contributed by atoms with Crippen LogP contribution in [-0.2, 0) is 0 Å². The second-order valence-electron chi connectivity index (χ2n) is 14.2. The number of furan rings is 2. The van der Waals surface area contributed by atoms with Gasteiger partial charge in [-0.25, -0.2) is 9.97 Å². The van der Waals surface area contributed by atoms with Crippen LogP contribution in [0.15, 0.2) is 203 Å². The maximum atomic E-state index is 6.25. The molecule has 4 nitrogen and oxygen atoms in total. The number of nitrogens with zero attached hydrogens (tertiary/aromatic N) is 2. The van der Waals surface area contributed by atoms with Crippen molar-refractivity contribution in [2.75, 3.05) is 0 Å². The molecule has 0 aliphatic heterocycles. The van der Waals surface area contributed by atoms with E-state index in [-0.39, 0.29) is 0 Å². The minimum atomic E-state index is 0.671. The molecule has 0 amide bonds. The minimum Gasteiger partial charge on any atom is -0.456 e.